The number of hydrogen-bond donors (Lipinski definition) is 0. The van der Waals surface area contributed by atoms with E-state index < -0.39 is 16.6 Å². The Morgan fingerprint density at radius 1 is 1.17 bits per heavy atom. The maximum Gasteiger partial charge on any atom is 0.345 e. The second-order valence-corrected chi connectivity index (χ2v) is 4.77. The van der Waals surface area contributed by atoms with E-state index in [0.717, 1.165) is 5.56 Å². The molecule has 24 heavy (non-hydrogen) atoms. The Morgan fingerprint density at radius 2 is 1.88 bits per heavy atom. The van der Waals surface area contributed by atoms with Crippen molar-refractivity contribution in [1.82, 2.24) is 0 Å². The van der Waals surface area contributed by atoms with Gasteiger partial charge in [0.2, 0.25) is 0 Å². The molecule has 0 N–H and O–H groups in total. The van der Waals surface area contributed by atoms with Gasteiger partial charge in [0.25, 0.3) is 5.69 Å². The summed E-state index contributed by atoms with van der Waals surface area (Å²) in [7, 11) is 1.39. The number of hydrogen-bond acceptors (Lipinski definition) is 6. The maximum absolute atomic E-state index is 11.9. The van der Waals surface area contributed by atoms with Crippen molar-refractivity contribution < 1.29 is 23.9 Å². The Morgan fingerprint density at radius 3 is 2.46 bits per heavy atom. The Balaban J connectivity index is 2.35. The van der Waals surface area contributed by atoms with Gasteiger partial charge in [0.05, 0.1) is 24.7 Å². The summed E-state index contributed by atoms with van der Waals surface area (Å²) in [6.45, 7) is 1.95. The highest BCUT2D eigenvalue weighted by Gasteiger charge is 2.25. The molecule has 0 radical (unpaired) electrons. The molecule has 0 bridgehead atoms. The lowest BCUT2D eigenvalue weighted by molar-refractivity contribution is -0.385. The van der Waals surface area contributed by atoms with Gasteiger partial charge in [-0.25, -0.2) is 4.79 Å². The van der Waals surface area contributed by atoms with Crippen LogP contribution in [0.1, 0.15) is 22.8 Å². The zero-order valence-corrected chi connectivity index (χ0v) is 13.4. The Kier molecular flexibility index (Phi) is 5.73. The van der Waals surface area contributed by atoms with Crippen LogP contribution < -0.4 is 9.47 Å². The smallest absolute Gasteiger partial charge is 0.345 e. The van der Waals surface area contributed by atoms with E-state index in [9.17, 15) is 14.9 Å². The van der Waals surface area contributed by atoms with Crippen LogP contribution in [0.2, 0.25) is 0 Å². The molecule has 0 heterocycles. The summed E-state index contributed by atoms with van der Waals surface area (Å²) in [4.78, 5) is 22.5. The molecule has 0 aromatic heterocycles. The van der Waals surface area contributed by atoms with Crippen molar-refractivity contribution in [2.24, 2.45) is 0 Å². The van der Waals surface area contributed by atoms with E-state index in [2.05, 4.69) is 0 Å². The Hall–Kier alpha value is -3.09. The molecule has 0 aliphatic heterocycles. The third-order valence-electron chi connectivity index (χ3n) is 3.21. The Labute approximate surface area is 138 Å². The molecule has 126 valence electrons. The minimum Gasteiger partial charge on any atom is -0.493 e. The predicted octanol–water partition coefficient (Wildman–Crippen LogP) is 3.36. The molecule has 0 aliphatic rings. The van der Waals surface area contributed by atoms with E-state index in [1.807, 2.05) is 30.3 Å². The van der Waals surface area contributed by atoms with Crippen molar-refractivity contribution >= 4 is 11.7 Å². The first-order valence-electron chi connectivity index (χ1n) is 7.27. The van der Waals surface area contributed by atoms with Crippen LogP contribution in [0.3, 0.4) is 0 Å². The average Bonchev–Trinajstić information content (AvgIpc) is 2.60. The molecule has 2 rings (SSSR count). The number of carbonyl (C=O) groups is 1. The molecule has 7 heteroatoms. The summed E-state index contributed by atoms with van der Waals surface area (Å²) < 4.78 is 15.6. The van der Waals surface area contributed by atoms with Crippen molar-refractivity contribution in [3.05, 3.63) is 63.7 Å². The van der Waals surface area contributed by atoms with Gasteiger partial charge in [-0.15, -0.1) is 0 Å². The number of benzene rings is 2. The van der Waals surface area contributed by atoms with Crippen LogP contribution >= 0.6 is 0 Å². The largest absolute Gasteiger partial charge is 0.493 e. The second-order valence-electron chi connectivity index (χ2n) is 4.77. The third-order valence-corrected chi connectivity index (χ3v) is 3.21. The number of nitrogens with zero attached hydrogens (tertiary/aromatic N) is 1. The Bertz CT molecular complexity index is 729. The standard InChI is InChI=1S/C17H17NO6/c1-3-23-17(19)13-9-15(22-2)16(10-14(13)18(20)21)24-11-12-7-5-4-6-8-12/h4-10H,3,11H2,1-2H3. The van der Waals surface area contributed by atoms with Gasteiger partial charge in [0, 0.05) is 6.07 Å². The van der Waals surface area contributed by atoms with Crippen molar-refractivity contribution in [3.63, 3.8) is 0 Å². The van der Waals surface area contributed by atoms with Crippen LogP contribution in [-0.4, -0.2) is 24.6 Å². The van der Waals surface area contributed by atoms with Gasteiger partial charge >= 0.3 is 5.97 Å². The fraction of sp³-hybridized carbons (Fsp3) is 0.235. The number of nitro groups is 1. The maximum atomic E-state index is 11.9. The lowest BCUT2D eigenvalue weighted by atomic mass is 10.1. The van der Waals surface area contributed by atoms with E-state index in [1.54, 1.807) is 6.92 Å². The average molecular weight is 331 g/mol. The van der Waals surface area contributed by atoms with Gasteiger partial charge in [-0.05, 0) is 12.5 Å². The lowest BCUT2D eigenvalue weighted by Crippen LogP contribution is -2.09. The van der Waals surface area contributed by atoms with E-state index in [0.29, 0.717) is 0 Å². The SMILES string of the molecule is CCOC(=O)c1cc(OC)c(OCc2ccccc2)cc1[N+](=O)[O-]. The van der Waals surface area contributed by atoms with Gasteiger partial charge in [0.15, 0.2) is 11.5 Å². The number of methoxy groups -OCH3 is 1. The minimum atomic E-state index is -0.780. The molecule has 0 spiro atoms. The fourth-order valence-corrected chi connectivity index (χ4v) is 2.08. The molecule has 0 aliphatic carbocycles. The van der Waals surface area contributed by atoms with E-state index in [-0.39, 0.29) is 30.3 Å². The van der Waals surface area contributed by atoms with Crippen LogP contribution in [0.25, 0.3) is 0 Å². The van der Waals surface area contributed by atoms with Gasteiger partial charge in [0.1, 0.15) is 12.2 Å². The van der Waals surface area contributed by atoms with Gasteiger partial charge < -0.3 is 14.2 Å². The van der Waals surface area contributed by atoms with E-state index >= 15 is 0 Å². The van der Waals surface area contributed by atoms with Crippen LogP contribution in [0.5, 0.6) is 11.5 Å². The first-order valence-corrected chi connectivity index (χ1v) is 7.27. The van der Waals surface area contributed by atoms with Crippen molar-refractivity contribution in [3.8, 4) is 11.5 Å². The predicted molar refractivity (Wildman–Crippen MR) is 86.4 cm³/mol. The number of ether oxygens (including phenoxy) is 3. The fourth-order valence-electron chi connectivity index (χ4n) is 2.08. The zero-order valence-electron chi connectivity index (χ0n) is 13.4. The number of esters is 1. The van der Waals surface area contributed by atoms with Gasteiger partial charge in [-0.3, -0.25) is 10.1 Å². The summed E-state index contributed by atoms with van der Waals surface area (Å²) in [6, 6.07) is 11.8. The quantitative estimate of drug-likeness (QED) is 0.439. The van der Waals surface area contributed by atoms with Crippen molar-refractivity contribution in [2.45, 2.75) is 13.5 Å². The summed E-state index contributed by atoms with van der Waals surface area (Å²) in [5.41, 5.74) is 0.333. The number of carbonyl (C=O) groups excluding carboxylic acids is 1. The highest BCUT2D eigenvalue weighted by atomic mass is 16.6. The van der Waals surface area contributed by atoms with Gasteiger partial charge in [-0.2, -0.15) is 0 Å². The second kappa shape index (κ2) is 7.96. The molecule has 7 nitrogen and oxygen atoms in total. The first kappa shape index (κ1) is 17.3. The van der Waals surface area contributed by atoms with E-state index in [4.69, 9.17) is 14.2 Å². The van der Waals surface area contributed by atoms with Crippen molar-refractivity contribution in [2.75, 3.05) is 13.7 Å². The number of rotatable bonds is 7. The summed E-state index contributed by atoms with van der Waals surface area (Å²) in [6.07, 6.45) is 0. The van der Waals surface area contributed by atoms with E-state index in [1.165, 1.54) is 19.2 Å². The van der Waals surface area contributed by atoms with Crippen LogP contribution in [0.4, 0.5) is 5.69 Å². The number of nitro benzene ring substituents is 1. The molecule has 0 atom stereocenters. The summed E-state index contributed by atoms with van der Waals surface area (Å²) in [5, 5.41) is 11.3. The highest BCUT2D eigenvalue weighted by Crippen LogP contribution is 2.35. The molecule has 0 amide bonds. The highest BCUT2D eigenvalue weighted by molar-refractivity contribution is 5.95. The monoisotopic (exact) mass is 331 g/mol. The summed E-state index contributed by atoms with van der Waals surface area (Å²) >= 11 is 0. The zero-order chi connectivity index (χ0) is 17.5. The van der Waals surface area contributed by atoms with Crippen LogP contribution in [0.15, 0.2) is 42.5 Å². The van der Waals surface area contributed by atoms with Crippen molar-refractivity contribution in [1.29, 1.82) is 0 Å². The lowest BCUT2D eigenvalue weighted by Gasteiger charge is -2.12. The van der Waals surface area contributed by atoms with Crippen LogP contribution in [0, 0.1) is 10.1 Å². The molecule has 2 aromatic rings. The first-order chi connectivity index (χ1) is 11.6. The molecule has 0 saturated carbocycles. The topological polar surface area (TPSA) is 87.9 Å². The summed E-state index contributed by atoms with van der Waals surface area (Å²) in [5.74, 6) is -0.377. The molecule has 0 unspecified atom stereocenters. The molecule has 0 fully saturated rings. The molecular formula is C17H17NO6. The molecular weight excluding hydrogens is 314 g/mol. The molecule has 0 saturated heterocycles. The normalized spacial score (nSPS) is 10.1. The van der Waals surface area contributed by atoms with Gasteiger partial charge in [-0.1, -0.05) is 30.3 Å². The third kappa shape index (κ3) is 4.01. The van der Waals surface area contributed by atoms with Crippen LogP contribution in [-0.2, 0) is 11.3 Å². The minimum absolute atomic E-state index is 0.116. The molecule has 2 aromatic carbocycles.